The molecule has 1 aliphatic heterocycles. The lowest BCUT2D eigenvalue weighted by molar-refractivity contribution is 0.348. The van der Waals surface area contributed by atoms with Crippen LogP contribution in [0.1, 0.15) is 50.0 Å². The highest BCUT2D eigenvalue weighted by molar-refractivity contribution is 5.43. The molecule has 3 heterocycles. The van der Waals surface area contributed by atoms with E-state index < -0.39 is 0 Å². The van der Waals surface area contributed by atoms with Gasteiger partial charge in [0.25, 0.3) is 0 Å². The third-order valence-electron chi connectivity index (χ3n) is 4.67. The van der Waals surface area contributed by atoms with Crippen molar-refractivity contribution in [1.29, 1.82) is 0 Å². The van der Waals surface area contributed by atoms with Gasteiger partial charge >= 0.3 is 0 Å². The lowest BCUT2D eigenvalue weighted by Crippen LogP contribution is -2.49. The number of anilines is 1. The Morgan fingerprint density at radius 3 is 2.73 bits per heavy atom. The molecule has 5 nitrogen and oxygen atoms in total. The molecular weight excluding hydrogens is 274 g/mol. The Labute approximate surface area is 131 Å². The molecule has 22 heavy (non-hydrogen) atoms. The van der Waals surface area contributed by atoms with Gasteiger partial charge in [-0.15, -0.1) is 0 Å². The van der Waals surface area contributed by atoms with Gasteiger partial charge in [0.05, 0.1) is 0 Å². The van der Waals surface area contributed by atoms with Crippen molar-refractivity contribution in [3.63, 3.8) is 0 Å². The average molecular weight is 297 g/mol. The molecule has 1 saturated heterocycles. The van der Waals surface area contributed by atoms with E-state index in [2.05, 4.69) is 50.5 Å². The SMILES string of the molecule is CC(C)c1nccn1CC1CN(c2cc(C3CC3)ncn2)C1. The molecule has 0 aromatic carbocycles. The van der Waals surface area contributed by atoms with E-state index in [0.717, 1.165) is 25.5 Å². The Morgan fingerprint density at radius 1 is 1.18 bits per heavy atom. The summed E-state index contributed by atoms with van der Waals surface area (Å²) in [4.78, 5) is 15.7. The average Bonchev–Trinajstić information content (AvgIpc) is 3.21. The second kappa shape index (κ2) is 5.38. The van der Waals surface area contributed by atoms with Crippen LogP contribution < -0.4 is 4.90 Å². The van der Waals surface area contributed by atoms with Crippen molar-refractivity contribution < 1.29 is 0 Å². The van der Waals surface area contributed by atoms with Crippen LogP contribution in [0, 0.1) is 5.92 Å². The van der Waals surface area contributed by atoms with E-state index in [-0.39, 0.29) is 0 Å². The number of imidazole rings is 1. The summed E-state index contributed by atoms with van der Waals surface area (Å²) < 4.78 is 2.31. The van der Waals surface area contributed by atoms with Crippen molar-refractivity contribution >= 4 is 5.82 Å². The highest BCUT2D eigenvalue weighted by Gasteiger charge is 2.30. The van der Waals surface area contributed by atoms with Crippen molar-refractivity contribution in [2.24, 2.45) is 5.92 Å². The van der Waals surface area contributed by atoms with Gasteiger partial charge in [-0.05, 0) is 12.8 Å². The van der Waals surface area contributed by atoms with Crippen LogP contribution in [0.3, 0.4) is 0 Å². The summed E-state index contributed by atoms with van der Waals surface area (Å²) in [5.41, 5.74) is 1.23. The summed E-state index contributed by atoms with van der Waals surface area (Å²) in [5.74, 6) is 4.15. The smallest absolute Gasteiger partial charge is 0.132 e. The third-order valence-corrected chi connectivity index (χ3v) is 4.67. The van der Waals surface area contributed by atoms with Crippen LogP contribution >= 0.6 is 0 Å². The molecule has 1 aliphatic carbocycles. The molecule has 1 saturated carbocycles. The molecule has 0 amide bonds. The predicted molar refractivity (Wildman–Crippen MR) is 86.0 cm³/mol. The van der Waals surface area contributed by atoms with Crippen molar-refractivity contribution in [2.45, 2.75) is 45.1 Å². The molecule has 0 atom stereocenters. The molecule has 4 rings (SSSR count). The van der Waals surface area contributed by atoms with Crippen molar-refractivity contribution in [1.82, 2.24) is 19.5 Å². The standard InChI is InChI=1S/C17H23N5/c1-12(2)17-18-5-6-21(17)8-13-9-22(10-13)16-7-15(14-3-4-14)19-11-20-16/h5-7,11-14H,3-4,8-10H2,1-2H3. The van der Waals surface area contributed by atoms with Crippen molar-refractivity contribution in [3.05, 3.63) is 36.3 Å². The van der Waals surface area contributed by atoms with Crippen LogP contribution in [-0.2, 0) is 6.54 Å². The molecule has 0 radical (unpaired) electrons. The molecule has 5 heteroatoms. The fourth-order valence-corrected chi connectivity index (χ4v) is 3.26. The molecule has 0 spiro atoms. The first-order chi connectivity index (χ1) is 10.7. The van der Waals surface area contributed by atoms with Gasteiger partial charge in [0.2, 0.25) is 0 Å². The van der Waals surface area contributed by atoms with Gasteiger partial charge in [0, 0.05) is 61.5 Å². The molecule has 0 unspecified atom stereocenters. The Hall–Kier alpha value is -1.91. The minimum atomic E-state index is 0.481. The second-order valence-electron chi connectivity index (χ2n) is 6.94. The zero-order valence-electron chi connectivity index (χ0n) is 13.3. The van der Waals surface area contributed by atoms with Crippen LogP contribution in [0.4, 0.5) is 5.82 Å². The Balaban J connectivity index is 1.37. The highest BCUT2D eigenvalue weighted by Crippen LogP contribution is 2.39. The van der Waals surface area contributed by atoms with E-state index in [1.54, 1.807) is 6.33 Å². The van der Waals surface area contributed by atoms with Gasteiger partial charge in [-0.1, -0.05) is 13.8 Å². The Bertz CT molecular complexity index is 653. The summed E-state index contributed by atoms with van der Waals surface area (Å²) >= 11 is 0. The zero-order chi connectivity index (χ0) is 15.1. The van der Waals surface area contributed by atoms with Crippen LogP contribution in [-0.4, -0.2) is 32.6 Å². The minimum absolute atomic E-state index is 0.481. The van der Waals surface area contributed by atoms with Crippen LogP contribution in [0.25, 0.3) is 0 Å². The van der Waals surface area contributed by atoms with E-state index in [1.165, 1.54) is 24.4 Å². The number of hydrogen-bond acceptors (Lipinski definition) is 4. The first-order valence-electron chi connectivity index (χ1n) is 8.28. The van der Waals surface area contributed by atoms with Gasteiger partial charge in [-0.2, -0.15) is 0 Å². The number of aromatic nitrogens is 4. The largest absolute Gasteiger partial charge is 0.356 e. The number of nitrogens with zero attached hydrogens (tertiary/aromatic N) is 5. The maximum atomic E-state index is 4.47. The van der Waals surface area contributed by atoms with Gasteiger partial charge in [-0.3, -0.25) is 0 Å². The quantitative estimate of drug-likeness (QED) is 0.851. The summed E-state index contributed by atoms with van der Waals surface area (Å²) in [5, 5.41) is 0. The van der Waals surface area contributed by atoms with Crippen LogP contribution in [0.5, 0.6) is 0 Å². The van der Waals surface area contributed by atoms with E-state index in [1.807, 2.05) is 6.20 Å². The molecule has 116 valence electrons. The number of rotatable bonds is 5. The van der Waals surface area contributed by atoms with Crippen LogP contribution in [0.2, 0.25) is 0 Å². The van der Waals surface area contributed by atoms with Crippen molar-refractivity contribution in [2.75, 3.05) is 18.0 Å². The summed E-state index contributed by atoms with van der Waals surface area (Å²) in [6, 6.07) is 2.19. The normalized spacial score (nSPS) is 18.8. The monoisotopic (exact) mass is 297 g/mol. The molecule has 2 fully saturated rings. The maximum Gasteiger partial charge on any atom is 0.132 e. The van der Waals surface area contributed by atoms with Gasteiger partial charge in [0.15, 0.2) is 0 Å². The first kappa shape index (κ1) is 13.7. The lowest BCUT2D eigenvalue weighted by Gasteiger charge is -2.40. The second-order valence-corrected chi connectivity index (χ2v) is 6.94. The molecule has 2 aromatic rings. The molecule has 0 bridgehead atoms. The molecule has 2 aromatic heterocycles. The fourth-order valence-electron chi connectivity index (χ4n) is 3.26. The fraction of sp³-hybridized carbons (Fsp3) is 0.588. The zero-order valence-corrected chi connectivity index (χ0v) is 13.3. The predicted octanol–water partition coefficient (Wildman–Crippen LogP) is 2.81. The summed E-state index contributed by atoms with van der Waals surface area (Å²) in [6.45, 7) is 7.62. The van der Waals surface area contributed by atoms with E-state index in [9.17, 15) is 0 Å². The third kappa shape index (κ3) is 2.60. The minimum Gasteiger partial charge on any atom is -0.356 e. The summed E-state index contributed by atoms with van der Waals surface area (Å²) in [7, 11) is 0. The van der Waals surface area contributed by atoms with Gasteiger partial charge in [-0.25, -0.2) is 15.0 Å². The van der Waals surface area contributed by atoms with E-state index in [0.29, 0.717) is 17.8 Å². The number of hydrogen-bond donors (Lipinski definition) is 0. The van der Waals surface area contributed by atoms with Gasteiger partial charge in [0.1, 0.15) is 18.0 Å². The lowest BCUT2D eigenvalue weighted by atomic mass is 9.99. The Kier molecular flexibility index (Phi) is 3.36. The van der Waals surface area contributed by atoms with Crippen molar-refractivity contribution in [3.8, 4) is 0 Å². The molecule has 0 N–H and O–H groups in total. The molecule has 2 aliphatic rings. The highest BCUT2D eigenvalue weighted by atomic mass is 15.3. The maximum absolute atomic E-state index is 4.47. The Morgan fingerprint density at radius 2 is 2.00 bits per heavy atom. The summed E-state index contributed by atoms with van der Waals surface area (Å²) in [6.07, 6.45) is 8.32. The van der Waals surface area contributed by atoms with E-state index >= 15 is 0 Å². The van der Waals surface area contributed by atoms with Gasteiger partial charge < -0.3 is 9.47 Å². The topological polar surface area (TPSA) is 46.8 Å². The molecular formula is C17H23N5. The first-order valence-corrected chi connectivity index (χ1v) is 8.28. The van der Waals surface area contributed by atoms with E-state index in [4.69, 9.17) is 0 Å². The van der Waals surface area contributed by atoms with Crippen LogP contribution in [0.15, 0.2) is 24.8 Å².